The maximum Gasteiger partial charge on any atom is 0.262 e. The van der Waals surface area contributed by atoms with Crippen molar-refractivity contribution in [3.05, 3.63) is 35.4 Å². The van der Waals surface area contributed by atoms with Gasteiger partial charge in [-0.05, 0) is 30.0 Å². The highest BCUT2D eigenvalue weighted by molar-refractivity contribution is 6.22. The fourth-order valence-corrected chi connectivity index (χ4v) is 3.16. The van der Waals surface area contributed by atoms with E-state index in [1.165, 1.54) is 0 Å². The molecular weight excluding hydrogens is 354 g/mol. The van der Waals surface area contributed by atoms with Crippen molar-refractivity contribution < 1.29 is 14.4 Å². The summed E-state index contributed by atoms with van der Waals surface area (Å²) in [5, 5.41) is 0. The molecule has 1 heterocycles. The highest BCUT2D eigenvalue weighted by atomic mass is 35.5. The van der Waals surface area contributed by atoms with Crippen molar-refractivity contribution in [2.75, 3.05) is 20.1 Å². The number of benzene rings is 1. The van der Waals surface area contributed by atoms with Crippen LogP contribution in [0.4, 0.5) is 0 Å². The van der Waals surface area contributed by atoms with E-state index >= 15 is 0 Å². The molecule has 1 unspecified atom stereocenters. The van der Waals surface area contributed by atoms with E-state index in [2.05, 4.69) is 0 Å². The van der Waals surface area contributed by atoms with Crippen molar-refractivity contribution in [1.29, 1.82) is 0 Å². The number of fused-ring (bicyclic) bond motifs is 1. The summed E-state index contributed by atoms with van der Waals surface area (Å²) in [4.78, 5) is 41.2. The Labute approximate surface area is 161 Å². The summed E-state index contributed by atoms with van der Waals surface area (Å²) in [5.41, 5.74) is 6.23. The average molecular weight is 382 g/mol. The topological polar surface area (TPSA) is 83.7 Å². The van der Waals surface area contributed by atoms with Gasteiger partial charge in [0.05, 0.1) is 11.1 Å². The molecule has 1 aliphatic heterocycles. The summed E-state index contributed by atoms with van der Waals surface area (Å²) in [6, 6.07) is 5.86. The standard InChI is InChI=1S/C19H27N3O3.ClH/c1-12(2)15(18(25)21(5)11-19(3,4)10-20)22-16(23)13-8-6-7-9-14(13)17(22)24;/h6-9,12,15H,10-11,20H2,1-5H3;1H. The molecule has 1 aromatic carbocycles. The number of halogens is 1. The number of nitrogens with zero attached hydrogens (tertiary/aromatic N) is 2. The van der Waals surface area contributed by atoms with Gasteiger partial charge in [-0.1, -0.05) is 39.8 Å². The quantitative estimate of drug-likeness (QED) is 0.765. The third-order valence-electron chi connectivity index (χ3n) is 4.58. The number of amides is 3. The highest BCUT2D eigenvalue weighted by Gasteiger charge is 2.44. The molecule has 0 fully saturated rings. The van der Waals surface area contributed by atoms with Crippen LogP contribution in [0.15, 0.2) is 24.3 Å². The molecule has 1 aliphatic rings. The minimum Gasteiger partial charge on any atom is -0.343 e. The summed E-state index contributed by atoms with van der Waals surface area (Å²) >= 11 is 0. The zero-order valence-corrected chi connectivity index (χ0v) is 16.8. The van der Waals surface area contributed by atoms with Crippen molar-refractivity contribution >= 4 is 30.1 Å². The van der Waals surface area contributed by atoms with E-state index in [1.54, 1.807) is 36.2 Å². The van der Waals surface area contributed by atoms with Crippen LogP contribution in [-0.4, -0.2) is 53.7 Å². The molecule has 0 saturated carbocycles. The van der Waals surface area contributed by atoms with Crippen LogP contribution in [-0.2, 0) is 4.79 Å². The number of hydrogen-bond donors (Lipinski definition) is 1. The van der Waals surface area contributed by atoms with Gasteiger partial charge in [-0.3, -0.25) is 19.3 Å². The zero-order chi connectivity index (χ0) is 18.9. The van der Waals surface area contributed by atoms with Gasteiger partial charge in [0.1, 0.15) is 6.04 Å². The summed E-state index contributed by atoms with van der Waals surface area (Å²) in [6.07, 6.45) is 0. The predicted octanol–water partition coefficient (Wildman–Crippen LogP) is 2.17. The fraction of sp³-hybridized carbons (Fsp3) is 0.526. The lowest BCUT2D eigenvalue weighted by Gasteiger charge is -2.35. The Morgan fingerprint density at radius 2 is 1.62 bits per heavy atom. The molecule has 1 aromatic rings. The predicted molar refractivity (Wildman–Crippen MR) is 103 cm³/mol. The second kappa shape index (κ2) is 8.18. The maximum atomic E-state index is 13.0. The Kier molecular flexibility index (Phi) is 6.96. The average Bonchev–Trinajstić information content (AvgIpc) is 2.80. The van der Waals surface area contributed by atoms with Gasteiger partial charge in [0.25, 0.3) is 11.8 Å². The summed E-state index contributed by atoms with van der Waals surface area (Å²) in [5.74, 6) is -1.25. The van der Waals surface area contributed by atoms with Crippen molar-refractivity contribution in [1.82, 2.24) is 9.80 Å². The Bertz CT molecular complexity index is 668. The first-order chi connectivity index (χ1) is 11.6. The van der Waals surface area contributed by atoms with Gasteiger partial charge >= 0.3 is 0 Å². The maximum absolute atomic E-state index is 13.0. The Balaban J connectivity index is 0.00000338. The summed E-state index contributed by atoms with van der Waals surface area (Å²) in [7, 11) is 1.69. The van der Waals surface area contributed by atoms with Crippen molar-refractivity contribution in [2.24, 2.45) is 17.1 Å². The van der Waals surface area contributed by atoms with Crippen LogP contribution >= 0.6 is 12.4 Å². The van der Waals surface area contributed by atoms with Crippen molar-refractivity contribution in [2.45, 2.75) is 33.7 Å². The third-order valence-corrected chi connectivity index (χ3v) is 4.58. The summed E-state index contributed by atoms with van der Waals surface area (Å²) in [6.45, 7) is 8.52. The van der Waals surface area contributed by atoms with Crippen molar-refractivity contribution in [3.63, 3.8) is 0 Å². The lowest BCUT2D eigenvalue weighted by molar-refractivity contribution is -0.136. The molecule has 0 spiro atoms. The Morgan fingerprint density at radius 3 is 2.00 bits per heavy atom. The van der Waals surface area contributed by atoms with Crippen LogP contribution in [0, 0.1) is 11.3 Å². The van der Waals surface area contributed by atoms with E-state index in [4.69, 9.17) is 5.73 Å². The van der Waals surface area contributed by atoms with Crippen LogP contribution < -0.4 is 5.73 Å². The number of rotatable bonds is 6. The molecule has 0 aromatic heterocycles. The molecule has 2 N–H and O–H groups in total. The number of carbonyl (C=O) groups excluding carboxylic acids is 3. The lowest BCUT2D eigenvalue weighted by atomic mass is 9.92. The van der Waals surface area contributed by atoms with Crippen LogP contribution in [0.5, 0.6) is 0 Å². The van der Waals surface area contributed by atoms with E-state index in [9.17, 15) is 14.4 Å². The van der Waals surface area contributed by atoms with Crippen molar-refractivity contribution in [3.8, 4) is 0 Å². The van der Waals surface area contributed by atoms with Gasteiger partial charge in [0, 0.05) is 13.6 Å². The van der Waals surface area contributed by atoms with Crippen LogP contribution in [0.1, 0.15) is 48.4 Å². The van der Waals surface area contributed by atoms with E-state index in [-0.39, 0.29) is 29.6 Å². The van der Waals surface area contributed by atoms with Gasteiger partial charge in [-0.25, -0.2) is 0 Å². The minimum absolute atomic E-state index is 0. The number of carbonyl (C=O) groups is 3. The van der Waals surface area contributed by atoms with Gasteiger partial charge < -0.3 is 10.6 Å². The first-order valence-electron chi connectivity index (χ1n) is 8.52. The van der Waals surface area contributed by atoms with Gasteiger partial charge in [-0.15, -0.1) is 12.4 Å². The first-order valence-corrected chi connectivity index (χ1v) is 8.52. The third kappa shape index (κ3) is 4.07. The molecule has 0 bridgehead atoms. The molecule has 1 atom stereocenters. The van der Waals surface area contributed by atoms with Crippen LogP contribution in [0.2, 0.25) is 0 Å². The first kappa shape index (κ1) is 22.1. The molecule has 26 heavy (non-hydrogen) atoms. The largest absolute Gasteiger partial charge is 0.343 e. The van der Waals surface area contributed by atoms with Crippen LogP contribution in [0.3, 0.4) is 0 Å². The molecular formula is C19H28ClN3O3. The number of hydrogen-bond acceptors (Lipinski definition) is 4. The zero-order valence-electron chi connectivity index (χ0n) is 16.0. The van der Waals surface area contributed by atoms with Gasteiger partial charge in [0.2, 0.25) is 5.91 Å². The van der Waals surface area contributed by atoms with E-state index < -0.39 is 17.9 Å². The number of imide groups is 1. The Morgan fingerprint density at radius 1 is 1.15 bits per heavy atom. The minimum atomic E-state index is -0.828. The molecule has 0 radical (unpaired) electrons. The van der Waals surface area contributed by atoms with Gasteiger partial charge in [-0.2, -0.15) is 0 Å². The normalized spacial score (nSPS) is 15.0. The molecule has 2 rings (SSSR count). The van der Waals surface area contributed by atoms with E-state index in [1.807, 2.05) is 27.7 Å². The molecule has 6 nitrogen and oxygen atoms in total. The SMILES string of the molecule is CC(C)C(C(=O)N(C)CC(C)(C)CN)N1C(=O)c2ccccc2C1=O.Cl. The van der Waals surface area contributed by atoms with Crippen LogP contribution in [0.25, 0.3) is 0 Å². The summed E-state index contributed by atoms with van der Waals surface area (Å²) < 4.78 is 0. The second-order valence-corrected chi connectivity index (χ2v) is 7.78. The number of likely N-dealkylation sites (N-methyl/N-ethyl adjacent to an activating group) is 1. The molecule has 3 amide bonds. The van der Waals surface area contributed by atoms with Gasteiger partial charge in [0.15, 0.2) is 0 Å². The highest BCUT2D eigenvalue weighted by Crippen LogP contribution is 2.28. The molecule has 7 heteroatoms. The fourth-order valence-electron chi connectivity index (χ4n) is 3.16. The monoisotopic (exact) mass is 381 g/mol. The molecule has 0 saturated heterocycles. The molecule has 0 aliphatic carbocycles. The second-order valence-electron chi connectivity index (χ2n) is 7.78. The molecule has 144 valence electrons. The van der Waals surface area contributed by atoms with E-state index in [0.717, 1.165) is 4.90 Å². The smallest absolute Gasteiger partial charge is 0.262 e. The van der Waals surface area contributed by atoms with E-state index in [0.29, 0.717) is 24.2 Å². The Hall–Kier alpha value is -1.92. The number of nitrogens with two attached hydrogens (primary N) is 1. The lowest BCUT2D eigenvalue weighted by Crippen LogP contribution is -2.54.